The average Bonchev–Trinajstić information content (AvgIpc) is 3.04. The summed E-state index contributed by atoms with van der Waals surface area (Å²) in [5, 5.41) is 4.06. The lowest BCUT2D eigenvalue weighted by Crippen LogP contribution is -2.13. The molecule has 3 aromatic rings. The smallest absolute Gasteiger partial charge is 0.260 e. The summed E-state index contributed by atoms with van der Waals surface area (Å²) < 4.78 is 5.20. The second-order valence-electron chi connectivity index (χ2n) is 4.61. The molecule has 5 nitrogen and oxygen atoms in total. The Bertz CT molecular complexity index is 759. The van der Waals surface area contributed by atoms with Gasteiger partial charge in [0.2, 0.25) is 5.16 Å². The molecule has 110 valence electrons. The van der Waals surface area contributed by atoms with E-state index >= 15 is 0 Å². The van der Waals surface area contributed by atoms with Gasteiger partial charge in [0, 0.05) is 18.0 Å². The number of carbonyl (C=O) groups excluding carboxylic acids is 1. The van der Waals surface area contributed by atoms with E-state index in [0.29, 0.717) is 16.6 Å². The molecular weight excluding hydrogens is 298 g/mol. The molecule has 0 spiro atoms. The molecule has 0 amide bonds. The van der Waals surface area contributed by atoms with Gasteiger partial charge in [-0.05, 0) is 24.2 Å². The largest absolute Gasteiger partial charge is 0.333 e. The molecular formula is C16H13N3O2S. The van der Waals surface area contributed by atoms with Crippen molar-refractivity contribution in [2.24, 2.45) is 0 Å². The maximum atomic E-state index is 12.3. The Balaban J connectivity index is 1.71. The summed E-state index contributed by atoms with van der Waals surface area (Å²) in [6, 6.07) is 12.8. The fraction of sp³-hybridized carbons (Fsp3) is 0.125. The lowest BCUT2D eigenvalue weighted by Gasteiger charge is -2.06. The predicted octanol–water partition coefficient (Wildman–Crippen LogP) is 3.50. The molecule has 0 bridgehead atoms. The zero-order valence-electron chi connectivity index (χ0n) is 11.8. The summed E-state index contributed by atoms with van der Waals surface area (Å²) in [6.07, 6.45) is 3.33. The van der Waals surface area contributed by atoms with Gasteiger partial charge in [-0.25, -0.2) is 0 Å². The summed E-state index contributed by atoms with van der Waals surface area (Å²) in [6.45, 7) is 1.83. The van der Waals surface area contributed by atoms with Gasteiger partial charge in [0.1, 0.15) is 0 Å². The highest BCUT2D eigenvalue weighted by molar-refractivity contribution is 8.00. The first-order valence-electron chi connectivity index (χ1n) is 6.74. The van der Waals surface area contributed by atoms with E-state index in [1.807, 2.05) is 31.2 Å². The number of hydrogen-bond acceptors (Lipinski definition) is 6. The van der Waals surface area contributed by atoms with Crippen LogP contribution in [0.3, 0.4) is 0 Å². The lowest BCUT2D eigenvalue weighted by molar-refractivity contribution is 0.0994. The van der Waals surface area contributed by atoms with E-state index in [2.05, 4.69) is 15.1 Å². The number of hydrogen-bond donors (Lipinski definition) is 0. The van der Waals surface area contributed by atoms with Crippen molar-refractivity contribution in [2.75, 3.05) is 0 Å². The Kier molecular flexibility index (Phi) is 4.29. The molecule has 0 radical (unpaired) electrons. The third-order valence-corrected chi connectivity index (χ3v) is 3.97. The number of aromatic nitrogens is 3. The van der Waals surface area contributed by atoms with Crippen LogP contribution in [-0.4, -0.2) is 26.2 Å². The molecule has 22 heavy (non-hydrogen) atoms. The second kappa shape index (κ2) is 6.53. The van der Waals surface area contributed by atoms with Crippen LogP contribution in [0.15, 0.2) is 64.5 Å². The molecule has 0 fully saturated rings. The van der Waals surface area contributed by atoms with Crippen LogP contribution in [0.2, 0.25) is 0 Å². The molecule has 0 saturated heterocycles. The van der Waals surface area contributed by atoms with Crippen LogP contribution in [0.1, 0.15) is 17.3 Å². The van der Waals surface area contributed by atoms with Crippen molar-refractivity contribution in [2.45, 2.75) is 17.3 Å². The van der Waals surface area contributed by atoms with E-state index in [1.54, 1.807) is 30.6 Å². The SMILES string of the molecule is C[C@H](Sc1noc(-c2cccnc2)n1)C(=O)c1ccccc1. The normalized spacial score (nSPS) is 12.0. The standard InChI is InChI=1S/C16H13N3O2S/c1-11(14(20)12-6-3-2-4-7-12)22-16-18-15(21-19-16)13-8-5-9-17-10-13/h2-11H,1H3/t11-/m0/s1. The second-order valence-corrected chi connectivity index (χ2v) is 5.92. The van der Waals surface area contributed by atoms with Crippen LogP contribution >= 0.6 is 11.8 Å². The van der Waals surface area contributed by atoms with Crippen LogP contribution in [0.5, 0.6) is 0 Å². The Morgan fingerprint density at radius 1 is 1.18 bits per heavy atom. The molecule has 0 unspecified atom stereocenters. The van der Waals surface area contributed by atoms with Crippen molar-refractivity contribution in [3.8, 4) is 11.5 Å². The molecule has 3 rings (SSSR count). The number of Topliss-reactive ketones (excluding diaryl/α,β-unsaturated/α-hetero) is 1. The molecule has 0 saturated carbocycles. The summed E-state index contributed by atoms with van der Waals surface area (Å²) >= 11 is 1.28. The number of rotatable bonds is 5. The van der Waals surface area contributed by atoms with E-state index in [4.69, 9.17) is 4.52 Å². The van der Waals surface area contributed by atoms with Crippen LogP contribution in [-0.2, 0) is 0 Å². The highest BCUT2D eigenvalue weighted by atomic mass is 32.2. The number of benzene rings is 1. The van der Waals surface area contributed by atoms with Crippen LogP contribution in [0, 0.1) is 0 Å². The number of pyridine rings is 1. The van der Waals surface area contributed by atoms with Crippen molar-refractivity contribution < 1.29 is 9.32 Å². The highest BCUT2D eigenvalue weighted by Crippen LogP contribution is 2.25. The molecule has 0 aliphatic carbocycles. The van der Waals surface area contributed by atoms with Gasteiger partial charge in [0.15, 0.2) is 5.78 Å². The first-order chi connectivity index (χ1) is 10.7. The highest BCUT2D eigenvalue weighted by Gasteiger charge is 2.19. The van der Waals surface area contributed by atoms with Gasteiger partial charge in [0.25, 0.3) is 5.89 Å². The molecule has 6 heteroatoms. The Hall–Kier alpha value is -2.47. The zero-order valence-corrected chi connectivity index (χ0v) is 12.7. The molecule has 0 aliphatic heterocycles. The fourth-order valence-corrected chi connectivity index (χ4v) is 2.69. The van der Waals surface area contributed by atoms with Gasteiger partial charge in [-0.1, -0.05) is 42.1 Å². The van der Waals surface area contributed by atoms with Gasteiger partial charge >= 0.3 is 0 Å². The van der Waals surface area contributed by atoms with Crippen molar-refractivity contribution in [1.82, 2.24) is 15.1 Å². The number of carbonyl (C=O) groups is 1. The van der Waals surface area contributed by atoms with Gasteiger partial charge in [-0.2, -0.15) is 4.98 Å². The Labute approximate surface area is 131 Å². The van der Waals surface area contributed by atoms with E-state index in [0.717, 1.165) is 5.56 Å². The van der Waals surface area contributed by atoms with Crippen molar-refractivity contribution in [3.63, 3.8) is 0 Å². The maximum Gasteiger partial charge on any atom is 0.260 e. The molecule has 0 N–H and O–H groups in total. The van der Waals surface area contributed by atoms with E-state index in [-0.39, 0.29) is 11.0 Å². The van der Waals surface area contributed by atoms with Crippen LogP contribution < -0.4 is 0 Å². The number of ketones is 1. The summed E-state index contributed by atoms with van der Waals surface area (Å²) in [4.78, 5) is 20.6. The number of nitrogens with zero attached hydrogens (tertiary/aromatic N) is 3. The molecule has 1 aromatic carbocycles. The van der Waals surface area contributed by atoms with Crippen molar-refractivity contribution in [1.29, 1.82) is 0 Å². The minimum Gasteiger partial charge on any atom is -0.333 e. The maximum absolute atomic E-state index is 12.3. The molecule has 2 aromatic heterocycles. The first kappa shape index (κ1) is 14.5. The summed E-state index contributed by atoms with van der Waals surface area (Å²) in [5.41, 5.74) is 1.43. The van der Waals surface area contributed by atoms with Gasteiger partial charge in [-0.3, -0.25) is 9.78 Å². The molecule has 0 aliphatic rings. The van der Waals surface area contributed by atoms with Crippen LogP contribution in [0.4, 0.5) is 0 Å². The topological polar surface area (TPSA) is 68.9 Å². The van der Waals surface area contributed by atoms with Gasteiger partial charge in [0.05, 0.1) is 10.8 Å². The summed E-state index contributed by atoms with van der Waals surface area (Å²) in [7, 11) is 0. The zero-order chi connectivity index (χ0) is 15.4. The quantitative estimate of drug-likeness (QED) is 0.530. The van der Waals surface area contributed by atoms with Crippen LogP contribution in [0.25, 0.3) is 11.5 Å². The Morgan fingerprint density at radius 3 is 2.73 bits per heavy atom. The van der Waals surface area contributed by atoms with Crippen molar-refractivity contribution in [3.05, 3.63) is 60.4 Å². The summed E-state index contributed by atoms with van der Waals surface area (Å²) in [5.74, 6) is 0.438. The lowest BCUT2D eigenvalue weighted by atomic mass is 10.1. The number of thioether (sulfide) groups is 1. The monoisotopic (exact) mass is 311 g/mol. The first-order valence-corrected chi connectivity index (χ1v) is 7.62. The fourth-order valence-electron chi connectivity index (χ4n) is 1.91. The third kappa shape index (κ3) is 3.23. The molecule has 2 heterocycles. The van der Waals surface area contributed by atoms with E-state index < -0.39 is 0 Å². The molecule has 1 atom stereocenters. The van der Waals surface area contributed by atoms with E-state index in [1.165, 1.54) is 11.8 Å². The van der Waals surface area contributed by atoms with Crippen molar-refractivity contribution >= 4 is 17.5 Å². The Morgan fingerprint density at radius 2 is 2.00 bits per heavy atom. The average molecular weight is 311 g/mol. The minimum atomic E-state index is -0.290. The minimum absolute atomic E-state index is 0.0401. The third-order valence-electron chi connectivity index (χ3n) is 3.03. The van der Waals surface area contributed by atoms with E-state index in [9.17, 15) is 4.79 Å². The van der Waals surface area contributed by atoms with Gasteiger partial charge in [-0.15, -0.1) is 0 Å². The van der Waals surface area contributed by atoms with Gasteiger partial charge < -0.3 is 4.52 Å². The predicted molar refractivity (Wildman–Crippen MR) is 83.6 cm³/mol.